The van der Waals surface area contributed by atoms with Crippen molar-refractivity contribution in [2.24, 2.45) is 0 Å². The molecule has 2 aromatic rings. The molecule has 1 N–H and O–H groups in total. The molecule has 1 fully saturated rings. The van der Waals surface area contributed by atoms with E-state index in [1.54, 1.807) is 24.4 Å². The largest absolute Gasteiger partial charge is 0.454 e. The first-order chi connectivity index (χ1) is 12.6. The number of aryl methyl sites for hydroxylation is 1. The molecule has 1 amide bonds. The van der Waals surface area contributed by atoms with Gasteiger partial charge in [0.05, 0.1) is 11.9 Å². The number of pyridine rings is 1. The summed E-state index contributed by atoms with van der Waals surface area (Å²) in [6.45, 7) is 5.52. The lowest BCUT2D eigenvalue weighted by Crippen LogP contribution is -2.38. The van der Waals surface area contributed by atoms with Crippen molar-refractivity contribution in [3.8, 4) is 11.5 Å². The van der Waals surface area contributed by atoms with Gasteiger partial charge in [0, 0.05) is 18.2 Å². The highest BCUT2D eigenvalue weighted by Crippen LogP contribution is 2.33. The molecule has 136 valence electrons. The Balaban J connectivity index is 1.50. The number of benzene rings is 1. The van der Waals surface area contributed by atoms with E-state index in [0.717, 1.165) is 17.9 Å². The molecule has 2 aliphatic heterocycles. The van der Waals surface area contributed by atoms with Crippen LogP contribution in [0, 0.1) is 6.92 Å². The van der Waals surface area contributed by atoms with Crippen LogP contribution in [0.15, 0.2) is 30.5 Å². The SMILES string of the molecule is Cc1cc(NC(=O)c2ccc3c(c2)OCO3)cnc1N1CCCCC1C. The number of nitrogens with one attached hydrogen (secondary N) is 1. The fourth-order valence-electron chi connectivity index (χ4n) is 3.59. The van der Waals surface area contributed by atoms with Crippen molar-refractivity contribution in [2.45, 2.75) is 39.2 Å². The lowest BCUT2D eigenvalue weighted by molar-refractivity contribution is 0.102. The summed E-state index contributed by atoms with van der Waals surface area (Å²) in [6, 6.07) is 7.66. The van der Waals surface area contributed by atoms with E-state index in [9.17, 15) is 4.79 Å². The highest BCUT2D eigenvalue weighted by molar-refractivity contribution is 6.04. The maximum atomic E-state index is 12.5. The Bertz CT molecular complexity index is 837. The molecule has 26 heavy (non-hydrogen) atoms. The van der Waals surface area contributed by atoms with Gasteiger partial charge in [-0.15, -0.1) is 0 Å². The lowest BCUT2D eigenvalue weighted by atomic mass is 10.0. The Morgan fingerprint density at radius 2 is 2.08 bits per heavy atom. The number of carbonyl (C=O) groups excluding carboxylic acids is 1. The van der Waals surface area contributed by atoms with Crippen molar-refractivity contribution in [3.05, 3.63) is 41.6 Å². The Hall–Kier alpha value is -2.76. The number of hydrogen-bond donors (Lipinski definition) is 1. The Morgan fingerprint density at radius 3 is 2.88 bits per heavy atom. The standard InChI is InChI=1S/C20H23N3O3/c1-13-9-16(11-21-19(13)23-8-4-3-5-14(23)2)22-20(24)15-6-7-17-18(10-15)26-12-25-17/h6-7,9-11,14H,3-5,8,12H2,1-2H3,(H,22,24). The highest BCUT2D eigenvalue weighted by atomic mass is 16.7. The second-order valence-electron chi connectivity index (χ2n) is 6.92. The number of rotatable bonds is 3. The fraction of sp³-hybridized carbons (Fsp3) is 0.400. The van der Waals surface area contributed by atoms with E-state index in [1.807, 2.05) is 13.0 Å². The second kappa shape index (κ2) is 6.86. The molecule has 0 saturated carbocycles. The number of amides is 1. The summed E-state index contributed by atoms with van der Waals surface area (Å²) < 4.78 is 10.6. The summed E-state index contributed by atoms with van der Waals surface area (Å²) in [5.41, 5.74) is 2.29. The van der Waals surface area contributed by atoms with Crippen LogP contribution in [-0.2, 0) is 0 Å². The number of carbonyl (C=O) groups is 1. The van der Waals surface area contributed by atoms with Gasteiger partial charge in [-0.1, -0.05) is 0 Å². The van der Waals surface area contributed by atoms with Crippen LogP contribution in [0.4, 0.5) is 11.5 Å². The predicted octanol–water partition coefficient (Wildman–Crippen LogP) is 3.75. The zero-order valence-electron chi connectivity index (χ0n) is 15.1. The molecule has 1 saturated heterocycles. The van der Waals surface area contributed by atoms with Gasteiger partial charge in [0.25, 0.3) is 5.91 Å². The van der Waals surface area contributed by atoms with Gasteiger partial charge in [0.1, 0.15) is 5.82 Å². The Kier molecular flexibility index (Phi) is 4.41. The zero-order chi connectivity index (χ0) is 18.1. The maximum absolute atomic E-state index is 12.5. The number of ether oxygens (including phenoxy) is 2. The number of fused-ring (bicyclic) bond motifs is 1. The number of aromatic nitrogens is 1. The Labute approximate surface area is 153 Å². The summed E-state index contributed by atoms with van der Waals surface area (Å²) in [6.07, 6.45) is 5.41. The third kappa shape index (κ3) is 3.19. The minimum Gasteiger partial charge on any atom is -0.454 e. The van der Waals surface area contributed by atoms with Gasteiger partial charge in [0.2, 0.25) is 6.79 Å². The lowest BCUT2D eigenvalue weighted by Gasteiger charge is -2.35. The zero-order valence-corrected chi connectivity index (χ0v) is 15.1. The normalized spacial score (nSPS) is 18.7. The summed E-state index contributed by atoms with van der Waals surface area (Å²) in [4.78, 5) is 19.5. The fourth-order valence-corrected chi connectivity index (χ4v) is 3.59. The molecule has 1 aromatic heterocycles. The summed E-state index contributed by atoms with van der Waals surface area (Å²) in [5, 5.41) is 2.92. The third-order valence-electron chi connectivity index (χ3n) is 5.02. The van der Waals surface area contributed by atoms with Crippen molar-refractivity contribution in [3.63, 3.8) is 0 Å². The van der Waals surface area contributed by atoms with Crippen molar-refractivity contribution in [2.75, 3.05) is 23.6 Å². The number of piperidine rings is 1. The molecule has 0 spiro atoms. The van der Waals surface area contributed by atoms with E-state index in [-0.39, 0.29) is 12.7 Å². The van der Waals surface area contributed by atoms with Gasteiger partial charge >= 0.3 is 0 Å². The molecule has 1 atom stereocenters. The van der Waals surface area contributed by atoms with Gasteiger partial charge in [-0.2, -0.15) is 0 Å². The third-order valence-corrected chi connectivity index (χ3v) is 5.02. The minimum atomic E-state index is -0.191. The van der Waals surface area contributed by atoms with Crippen LogP contribution in [0.2, 0.25) is 0 Å². The number of nitrogens with zero attached hydrogens (tertiary/aromatic N) is 2. The first-order valence-electron chi connectivity index (χ1n) is 9.06. The van der Waals surface area contributed by atoms with E-state index in [4.69, 9.17) is 9.47 Å². The quantitative estimate of drug-likeness (QED) is 0.910. The average molecular weight is 353 g/mol. The minimum absolute atomic E-state index is 0.191. The van der Waals surface area contributed by atoms with Crippen LogP contribution < -0.4 is 19.7 Å². The maximum Gasteiger partial charge on any atom is 0.255 e. The van der Waals surface area contributed by atoms with E-state index in [2.05, 4.69) is 22.1 Å². The Morgan fingerprint density at radius 1 is 1.23 bits per heavy atom. The topological polar surface area (TPSA) is 63.7 Å². The van der Waals surface area contributed by atoms with Crippen molar-refractivity contribution >= 4 is 17.4 Å². The van der Waals surface area contributed by atoms with Crippen molar-refractivity contribution in [1.29, 1.82) is 0 Å². The molecule has 1 unspecified atom stereocenters. The number of anilines is 2. The molecule has 1 aromatic carbocycles. The highest BCUT2D eigenvalue weighted by Gasteiger charge is 2.21. The van der Waals surface area contributed by atoms with Crippen LogP contribution in [-0.4, -0.2) is 30.3 Å². The summed E-state index contributed by atoms with van der Waals surface area (Å²) in [5.74, 6) is 2.09. The first-order valence-corrected chi connectivity index (χ1v) is 9.06. The average Bonchev–Trinajstić information content (AvgIpc) is 3.10. The summed E-state index contributed by atoms with van der Waals surface area (Å²) >= 11 is 0. The van der Waals surface area contributed by atoms with Gasteiger partial charge in [-0.3, -0.25) is 4.79 Å². The molecular formula is C20H23N3O3. The van der Waals surface area contributed by atoms with E-state index in [1.165, 1.54) is 19.3 Å². The number of hydrogen-bond acceptors (Lipinski definition) is 5. The predicted molar refractivity (Wildman–Crippen MR) is 100 cm³/mol. The van der Waals surface area contributed by atoms with Gasteiger partial charge in [-0.05, 0) is 62.9 Å². The molecule has 6 nitrogen and oxygen atoms in total. The van der Waals surface area contributed by atoms with Crippen LogP contribution in [0.5, 0.6) is 11.5 Å². The monoisotopic (exact) mass is 353 g/mol. The van der Waals surface area contributed by atoms with Crippen LogP contribution in [0.25, 0.3) is 0 Å². The molecule has 2 aliphatic rings. The van der Waals surface area contributed by atoms with E-state index >= 15 is 0 Å². The van der Waals surface area contributed by atoms with Crippen LogP contribution in [0.3, 0.4) is 0 Å². The molecule has 3 heterocycles. The van der Waals surface area contributed by atoms with E-state index in [0.29, 0.717) is 28.8 Å². The molecule has 0 radical (unpaired) electrons. The van der Waals surface area contributed by atoms with Crippen molar-refractivity contribution in [1.82, 2.24) is 4.98 Å². The van der Waals surface area contributed by atoms with E-state index < -0.39 is 0 Å². The molecular weight excluding hydrogens is 330 g/mol. The van der Waals surface area contributed by atoms with Gasteiger partial charge in [-0.25, -0.2) is 4.98 Å². The van der Waals surface area contributed by atoms with Gasteiger partial charge < -0.3 is 19.7 Å². The molecule has 4 rings (SSSR count). The second-order valence-corrected chi connectivity index (χ2v) is 6.92. The van der Waals surface area contributed by atoms with Gasteiger partial charge in [0.15, 0.2) is 11.5 Å². The molecule has 0 bridgehead atoms. The van der Waals surface area contributed by atoms with Crippen LogP contribution >= 0.6 is 0 Å². The molecule has 6 heteroatoms. The summed E-state index contributed by atoms with van der Waals surface area (Å²) in [7, 11) is 0. The molecule has 0 aliphatic carbocycles. The van der Waals surface area contributed by atoms with Crippen LogP contribution in [0.1, 0.15) is 42.1 Å². The first kappa shape index (κ1) is 16.7. The smallest absolute Gasteiger partial charge is 0.255 e. The van der Waals surface area contributed by atoms with Crippen molar-refractivity contribution < 1.29 is 14.3 Å².